The van der Waals surface area contributed by atoms with Gasteiger partial charge in [0, 0.05) is 11.4 Å². The van der Waals surface area contributed by atoms with Gasteiger partial charge in [0.25, 0.3) is 0 Å². The average Bonchev–Trinajstić information content (AvgIpc) is 2.26. The normalized spacial score (nSPS) is 14.7. The van der Waals surface area contributed by atoms with Crippen LogP contribution in [-0.2, 0) is 10.8 Å². The third-order valence-electron chi connectivity index (χ3n) is 2.03. The molecule has 0 aliphatic carbocycles. The zero-order valence-electron chi connectivity index (χ0n) is 9.15. The molecule has 0 bridgehead atoms. The van der Waals surface area contributed by atoms with Gasteiger partial charge >= 0.3 is 0 Å². The molecule has 0 fully saturated rings. The van der Waals surface area contributed by atoms with Crippen molar-refractivity contribution in [3.63, 3.8) is 0 Å². The first-order valence-electron chi connectivity index (χ1n) is 5.16. The molecule has 0 aromatic heterocycles. The minimum absolute atomic E-state index is 0.121. The Morgan fingerprint density at radius 3 is 2.94 bits per heavy atom. The molecule has 2 unspecified atom stereocenters. The Morgan fingerprint density at radius 1 is 1.56 bits per heavy atom. The molecule has 0 radical (unpaired) electrons. The minimum atomic E-state index is -1.36. The summed E-state index contributed by atoms with van der Waals surface area (Å²) in [7, 11) is -1.36. The fourth-order valence-electron chi connectivity index (χ4n) is 1.25. The zero-order valence-corrected chi connectivity index (χ0v) is 9.97. The summed E-state index contributed by atoms with van der Waals surface area (Å²) in [6.07, 6.45) is -0.677. The van der Waals surface area contributed by atoms with Gasteiger partial charge in [-0.2, -0.15) is 0 Å². The van der Waals surface area contributed by atoms with Crippen LogP contribution < -0.4 is 5.32 Å². The Labute approximate surface area is 97.1 Å². The second kappa shape index (κ2) is 6.73. The number of aliphatic hydroxyl groups excluding tert-OH is 1. The van der Waals surface area contributed by atoms with E-state index in [4.69, 9.17) is 0 Å². The highest BCUT2D eigenvalue weighted by molar-refractivity contribution is 7.85. The van der Waals surface area contributed by atoms with Crippen LogP contribution in [-0.4, -0.2) is 34.3 Å². The molecule has 1 aromatic carbocycles. The molecule has 0 saturated heterocycles. The molecule has 16 heavy (non-hydrogen) atoms. The Morgan fingerprint density at radius 2 is 2.31 bits per heavy atom. The summed E-state index contributed by atoms with van der Waals surface area (Å²) in [6, 6.07) is 5.64. The van der Waals surface area contributed by atoms with E-state index in [-0.39, 0.29) is 5.75 Å². The molecule has 0 heterocycles. The van der Waals surface area contributed by atoms with E-state index >= 15 is 0 Å². The largest absolute Gasteiger partial charge is 0.391 e. The summed E-state index contributed by atoms with van der Waals surface area (Å²) in [4.78, 5) is 0.413. The number of nitrogens with one attached hydrogen (secondary N) is 1. The topological polar surface area (TPSA) is 49.3 Å². The number of rotatable bonds is 6. The van der Waals surface area contributed by atoms with Crippen LogP contribution in [0, 0.1) is 5.82 Å². The Hall–Kier alpha value is -0.780. The zero-order chi connectivity index (χ0) is 12.0. The van der Waals surface area contributed by atoms with Crippen molar-refractivity contribution in [2.45, 2.75) is 17.9 Å². The van der Waals surface area contributed by atoms with Crippen molar-refractivity contribution in [2.75, 3.05) is 18.8 Å². The highest BCUT2D eigenvalue weighted by atomic mass is 32.2. The summed E-state index contributed by atoms with van der Waals surface area (Å²) in [5, 5.41) is 12.5. The maximum absolute atomic E-state index is 12.9. The molecule has 0 aliphatic rings. The van der Waals surface area contributed by atoms with Crippen LogP contribution in [0.2, 0.25) is 0 Å². The molecular weight excluding hydrogens is 229 g/mol. The molecule has 0 aliphatic heterocycles. The third kappa shape index (κ3) is 4.38. The van der Waals surface area contributed by atoms with E-state index < -0.39 is 22.7 Å². The molecular formula is C11H16FNO2S. The molecule has 90 valence electrons. The van der Waals surface area contributed by atoms with Crippen molar-refractivity contribution in [3.05, 3.63) is 30.1 Å². The highest BCUT2D eigenvalue weighted by Crippen LogP contribution is 2.09. The highest BCUT2D eigenvalue weighted by Gasteiger charge is 2.11. The predicted octanol–water partition coefficient (Wildman–Crippen LogP) is 0.904. The average molecular weight is 245 g/mol. The summed E-state index contributed by atoms with van der Waals surface area (Å²) < 4.78 is 24.6. The Bertz CT molecular complexity index is 360. The number of likely N-dealkylation sites (N-methyl/N-ethyl adjacent to an activating group) is 1. The standard InChI is InChI=1S/C11H16FNO2S/c1-2-13-7-10(14)8-16(15)11-5-3-4-9(12)6-11/h3-6,10,13-14H,2,7-8H2,1H3. The first-order chi connectivity index (χ1) is 7.63. The van der Waals surface area contributed by atoms with Crippen LogP contribution in [0.15, 0.2) is 29.2 Å². The van der Waals surface area contributed by atoms with E-state index in [0.717, 1.165) is 6.54 Å². The van der Waals surface area contributed by atoms with Crippen molar-refractivity contribution < 1.29 is 13.7 Å². The lowest BCUT2D eigenvalue weighted by Gasteiger charge is -2.10. The van der Waals surface area contributed by atoms with E-state index in [1.807, 2.05) is 6.92 Å². The Kier molecular flexibility index (Phi) is 5.59. The fraction of sp³-hybridized carbons (Fsp3) is 0.455. The van der Waals surface area contributed by atoms with Gasteiger partial charge in [-0.1, -0.05) is 13.0 Å². The second-order valence-electron chi connectivity index (χ2n) is 3.43. The molecule has 5 heteroatoms. The fourth-order valence-corrected chi connectivity index (χ4v) is 2.38. The molecule has 1 aromatic rings. The third-order valence-corrected chi connectivity index (χ3v) is 3.50. The van der Waals surface area contributed by atoms with Gasteiger partial charge in [-0.15, -0.1) is 0 Å². The number of hydrogen-bond acceptors (Lipinski definition) is 3. The van der Waals surface area contributed by atoms with Gasteiger partial charge in [-0.05, 0) is 24.7 Å². The molecule has 2 atom stereocenters. The van der Waals surface area contributed by atoms with Gasteiger partial charge in [-0.3, -0.25) is 4.21 Å². The molecule has 1 rings (SSSR count). The van der Waals surface area contributed by atoms with Crippen LogP contribution in [0.5, 0.6) is 0 Å². The van der Waals surface area contributed by atoms with Gasteiger partial charge in [0.05, 0.1) is 22.7 Å². The maximum Gasteiger partial charge on any atom is 0.124 e. The van der Waals surface area contributed by atoms with Gasteiger partial charge < -0.3 is 10.4 Å². The van der Waals surface area contributed by atoms with Crippen LogP contribution in [0.1, 0.15) is 6.92 Å². The van der Waals surface area contributed by atoms with Gasteiger partial charge in [-0.25, -0.2) is 4.39 Å². The predicted molar refractivity (Wildman–Crippen MR) is 62.2 cm³/mol. The van der Waals surface area contributed by atoms with Crippen molar-refractivity contribution in [3.8, 4) is 0 Å². The van der Waals surface area contributed by atoms with Crippen LogP contribution >= 0.6 is 0 Å². The van der Waals surface area contributed by atoms with Crippen molar-refractivity contribution in [2.24, 2.45) is 0 Å². The minimum Gasteiger partial charge on any atom is -0.391 e. The van der Waals surface area contributed by atoms with Crippen molar-refractivity contribution >= 4 is 10.8 Å². The van der Waals surface area contributed by atoms with Crippen molar-refractivity contribution in [1.29, 1.82) is 0 Å². The quantitative estimate of drug-likeness (QED) is 0.783. The first kappa shape index (κ1) is 13.3. The maximum atomic E-state index is 12.9. The molecule has 2 N–H and O–H groups in total. The SMILES string of the molecule is CCNCC(O)CS(=O)c1cccc(F)c1. The van der Waals surface area contributed by atoms with E-state index in [2.05, 4.69) is 5.32 Å². The van der Waals surface area contributed by atoms with E-state index in [0.29, 0.717) is 11.4 Å². The van der Waals surface area contributed by atoms with Crippen LogP contribution in [0.25, 0.3) is 0 Å². The number of halogens is 1. The van der Waals surface area contributed by atoms with E-state index in [9.17, 15) is 13.7 Å². The van der Waals surface area contributed by atoms with E-state index in [1.54, 1.807) is 6.07 Å². The lowest BCUT2D eigenvalue weighted by atomic mass is 10.3. The summed E-state index contributed by atoms with van der Waals surface area (Å²) >= 11 is 0. The molecule has 0 amide bonds. The molecule has 3 nitrogen and oxygen atoms in total. The number of hydrogen-bond donors (Lipinski definition) is 2. The summed E-state index contributed by atoms with van der Waals surface area (Å²) in [5.41, 5.74) is 0. The number of benzene rings is 1. The summed E-state index contributed by atoms with van der Waals surface area (Å²) in [6.45, 7) is 3.08. The van der Waals surface area contributed by atoms with Gasteiger partial charge in [0.15, 0.2) is 0 Å². The number of aliphatic hydroxyl groups is 1. The first-order valence-corrected chi connectivity index (χ1v) is 6.48. The summed E-state index contributed by atoms with van der Waals surface area (Å²) in [5.74, 6) is -0.289. The van der Waals surface area contributed by atoms with Gasteiger partial charge in [0.2, 0.25) is 0 Å². The Balaban J connectivity index is 2.52. The van der Waals surface area contributed by atoms with Crippen molar-refractivity contribution in [1.82, 2.24) is 5.32 Å². The lowest BCUT2D eigenvalue weighted by molar-refractivity contribution is 0.195. The van der Waals surface area contributed by atoms with Crippen LogP contribution in [0.4, 0.5) is 4.39 Å². The van der Waals surface area contributed by atoms with E-state index in [1.165, 1.54) is 18.2 Å². The second-order valence-corrected chi connectivity index (χ2v) is 4.93. The molecule has 0 spiro atoms. The lowest BCUT2D eigenvalue weighted by Crippen LogP contribution is -2.30. The van der Waals surface area contributed by atoms with Gasteiger partial charge in [0.1, 0.15) is 5.82 Å². The monoisotopic (exact) mass is 245 g/mol. The molecule has 0 saturated carbocycles. The smallest absolute Gasteiger partial charge is 0.124 e. The van der Waals surface area contributed by atoms with Crippen LogP contribution in [0.3, 0.4) is 0 Å².